The minimum absolute atomic E-state index is 0.0704. The minimum atomic E-state index is -3.79. The molecule has 1 atom stereocenters. The van der Waals surface area contributed by atoms with Gasteiger partial charge < -0.3 is 9.64 Å². The average Bonchev–Trinajstić information content (AvgIpc) is 3.56. The second kappa shape index (κ2) is 9.96. The molecular formula is C30H33N5O4S. The zero-order chi connectivity index (χ0) is 28.2. The highest BCUT2D eigenvalue weighted by molar-refractivity contribution is 7.90. The van der Waals surface area contributed by atoms with Crippen LogP contribution in [0.2, 0.25) is 0 Å². The van der Waals surface area contributed by atoms with Crippen molar-refractivity contribution in [2.45, 2.75) is 31.3 Å². The molecule has 3 aromatic carbocycles. The molecule has 6 rings (SSSR count). The lowest BCUT2D eigenvalue weighted by Crippen LogP contribution is -2.46. The molecule has 0 saturated carbocycles. The second-order valence-corrected chi connectivity index (χ2v) is 12.5. The van der Waals surface area contributed by atoms with Crippen LogP contribution in [-0.2, 0) is 16.6 Å². The van der Waals surface area contributed by atoms with E-state index in [1.807, 2.05) is 56.3 Å². The summed E-state index contributed by atoms with van der Waals surface area (Å²) >= 11 is 0. The number of ether oxygens (including phenoxy) is 1. The van der Waals surface area contributed by atoms with E-state index < -0.39 is 10.0 Å². The third-order valence-corrected chi connectivity index (χ3v) is 9.72. The molecule has 1 saturated heterocycles. The summed E-state index contributed by atoms with van der Waals surface area (Å²) in [5, 5.41) is 7.13. The smallest absolute Gasteiger partial charge is 0.271 e. The molecular weight excluding hydrogens is 526 g/mol. The third-order valence-electron chi connectivity index (χ3n) is 8.03. The molecule has 0 aliphatic carbocycles. The van der Waals surface area contributed by atoms with Crippen molar-refractivity contribution in [1.82, 2.24) is 24.0 Å². The fourth-order valence-corrected chi connectivity index (χ4v) is 7.24. The molecule has 1 aliphatic rings. The van der Waals surface area contributed by atoms with E-state index in [1.165, 1.54) is 3.97 Å². The maximum atomic E-state index is 13.7. The molecule has 5 aromatic rings. The highest BCUT2D eigenvalue weighted by Gasteiger charge is 2.30. The van der Waals surface area contributed by atoms with Gasteiger partial charge in [-0.2, -0.15) is 0 Å². The van der Waals surface area contributed by atoms with Crippen molar-refractivity contribution in [2.24, 2.45) is 0 Å². The van der Waals surface area contributed by atoms with E-state index in [4.69, 9.17) is 4.74 Å². The minimum Gasteiger partial charge on any atom is -0.496 e. The number of aromatic nitrogens is 3. The van der Waals surface area contributed by atoms with Crippen molar-refractivity contribution in [3.8, 4) is 5.75 Å². The largest absolute Gasteiger partial charge is 0.496 e. The Morgan fingerprint density at radius 3 is 2.50 bits per heavy atom. The highest BCUT2D eigenvalue weighted by Crippen LogP contribution is 2.37. The number of hydrogen-bond acceptors (Lipinski definition) is 6. The molecule has 0 spiro atoms. The van der Waals surface area contributed by atoms with Gasteiger partial charge in [0.15, 0.2) is 0 Å². The Hall–Kier alpha value is -3.86. The number of likely N-dealkylation sites (N-methyl/N-ethyl adjacent to an activating group) is 1. The lowest BCUT2D eigenvalue weighted by Gasteiger charge is -2.40. The summed E-state index contributed by atoms with van der Waals surface area (Å²) in [7, 11) is -0.0197. The number of rotatable bonds is 6. The number of nitrogens with one attached hydrogen (secondary N) is 2. The number of H-pyrrole nitrogens is 2. The van der Waals surface area contributed by atoms with E-state index in [0.29, 0.717) is 17.4 Å². The standard InChI is InChI=1S/C30H33N5O4S/c1-19-5-8-22(9-6-19)40(37,38)35-12-11-23-25(28(39-4)15-20(2)29(23)35)17-34-14-13-33(3)18-27(34)21-7-10-24-26(16-21)31-32-30(24)36/h5-12,15-16,27H,13-14,17-18H2,1-4H3,(H2,31,32,36). The van der Waals surface area contributed by atoms with E-state index in [1.54, 1.807) is 25.4 Å². The van der Waals surface area contributed by atoms with Crippen LogP contribution in [0.3, 0.4) is 0 Å². The zero-order valence-corrected chi connectivity index (χ0v) is 23.9. The summed E-state index contributed by atoms with van der Waals surface area (Å²) < 4.78 is 34.6. The Morgan fingerprint density at radius 2 is 1.75 bits per heavy atom. The van der Waals surface area contributed by atoms with Gasteiger partial charge in [-0.15, -0.1) is 0 Å². The first kappa shape index (κ1) is 26.4. The van der Waals surface area contributed by atoms with Gasteiger partial charge in [0, 0.05) is 49.4 Å². The van der Waals surface area contributed by atoms with Gasteiger partial charge in [-0.1, -0.05) is 23.8 Å². The number of fused-ring (bicyclic) bond motifs is 2. The number of aromatic amines is 2. The number of benzene rings is 3. The summed E-state index contributed by atoms with van der Waals surface area (Å²) in [6.45, 7) is 6.98. The van der Waals surface area contributed by atoms with Crippen molar-refractivity contribution in [3.63, 3.8) is 0 Å². The molecule has 9 nitrogen and oxygen atoms in total. The van der Waals surface area contributed by atoms with Crippen molar-refractivity contribution < 1.29 is 13.2 Å². The summed E-state index contributed by atoms with van der Waals surface area (Å²) in [5.74, 6) is 0.735. The number of methoxy groups -OCH3 is 1. The molecule has 10 heteroatoms. The molecule has 40 heavy (non-hydrogen) atoms. The number of piperazine rings is 1. The molecule has 2 N–H and O–H groups in total. The van der Waals surface area contributed by atoms with Gasteiger partial charge in [0.05, 0.1) is 28.4 Å². The molecule has 3 heterocycles. The van der Waals surface area contributed by atoms with Crippen LogP contribution in [0.25, 0.3) is 21.8 Å². The number of hydrogen-bond donors (Lipinski definition) is 2. The molecule has 0 amide bonds. The Bertz CT molecular complexity index is 1890. The summed E-state index contributed by atoms with van der Waals surface area (Å²) in [4.78, 5) is 17.0. The molecule has 1 fully saturated rings. The lowest BCUT2D eigenvalue weighted by molar-refractivity contribution is 0.0831. The maximum absolute atomic E-state index is 13.7. The molecule has 0 bridgehead atoms. The van der Waals surface area contributed by atoms with E-state index in [0.717, 1.165) is 58.5 Å². The van der Waals surface area contributed by atoms with Gasteiger partial charge >= 0.3 is 0 Å². The van der Waals surface area contributed by atoms with Crippen molar-refractivity contribution in [1.29, 1.82) is 0 Å². The Kier molecular flexibility index (Phi) is 6.56. The van der Waals surface area contributed by atoms with Crippen LogP contribution in [0.5, 0.6) is 5.75 Å². The summed E-state index contributed by atoms with van der Waals surface area (Å²) in [6.07, 6.45) is 1.65. The zero-order valence-electron chi connectivity index (χ0n) is 23.1. The monoisotopic (exact) mass is 559 g/mol. The third kappa shape index (κ3) is 4.42. The first-order valence-electron chi connectivity index (χ1n) is 13.3. The topological polar surface area (TPSA) is 103 Å². The first-order valence-corrected chi connectivity index (χ1v) is 14.7. The van der Waals surface area contributed by atoms with Gasteiger partial charge in [-0.3, -0.25) is 19.9 Å². The van der Waals surface area contributed by atoms with Crippen molar-refractivity contribution in [3.05, 3.63) is 93.4 Å². The van der Waals surface area contributed by atoms with E-state index in [2.05, 4.69) is 27.0 Å². The average molecular weight is 560 g/mol. The van der Waals surface area contributed by atoms with E-state index >= 15 is 0 Å². The van der Waals surface area contributed by atoms with Crippen LogP contribution in [-0.4, -0.2) is 66.2 Å². The quantitative estimate of drug-likeness (QED) is 0.324. The SMILES string of the molecule is COc1cc(C)c2c(ccn2S(=O)(=O)c2ccc(C)cc2)c1CN1CCN(C)CC1c1ccc2c(=O)[nH][nH]c2c1. The Morgan fingerprint density at radius 1 is 0.975 bits per heavy atom. The predicted molar refractivity (Wildman–Crippen MR) is 157 cm³/mol. The summed E-state index contributed by atoms with van der Waals surface area (Å²) in [6, 6.07) is 16.7. The van der Waals surface area contributed by atoms with Gasteiger partial charge in [-0.05, 0) is 68.4 Å². The fourth-order valence-electron chi connectivity index (χ4n) is 5.83. The maximum Gasteiger partial charge on any atom is 0.271 e. The van der Waals surface area contributed by atoms with Crippen LogP contribution in [0, 0.1) is 13.8 Å². The first-order chi connectivity index (χ1) is 19.2. The van der Waals surface area contributed by atoms with Crippen molar-refractivity contribution in [2.75, 3.05) is 33.8 Å². The number of aryl methyl sites for hydroxylation is 2. The van der Waals surface area contributed by atoms with Gasteiger partial charge in [0.2, 0.25) is 0 Å². The van der Waals surface area contributed by atoms with Crippen LogP contribution < -0.4 is 10.3 Å². The Labute approximate surface area is 233 Å². The molecule has 2 aromatic heterocycles. The van der Waals surface area contributed by atoms with Crippen LogP contribution >= 0.6 is 0 Å². The molecule has 1 unspecified atom stereocenters. The highest BCUT2D eigenvalue weighted by atomic mass is 32.2. The Balaban J connectivity index is 1.44. The van der Waals surface area contributed by atoms with Crippen LogP contribution in [0.1, 0.15) is 28.3 Å². The van der Waals surface area contributed by atoms with Gasteiger partial charge in [0.1, 0.15) is 5.75 Å². The fraction of sp³-hybridized carbons (Fsp3) is 0.300. The molecule has 1 aliphatic heterocycles. The van der Waals surface area contributed by atoms with Gasteiger partial charge in [-0.25, -0.2) is 12.4 Å². The predicted octanol–water partition coefficient (Wildman–Crippen LogP) is 4.16. The van der Waals surface area contributed by atoms with Gasteiger partial charge in [0.25, 0.3) is 15.6 Å². The van der Waals surface area contributed by atoms with Crippen LogP contribution in [0.15, 0.2) is 70.5 Å². The molecule has 208 valence electrons. The lowest BCUT2D eigenvalue weighted by atomic mass is 9.98. The molecule has 0 radical (unpaired) electrons. The second-order valence-electron chi connectivity index (χ2n) is 10.7. The normalized spacial score (nSPS) is 17.1. The summed E-state index contributed by atoms with van der Waals surface area (Å²) in [5.41, 5.74) is 5.20. The van der Waals surface area contributed by atoms with E-state index in [9.17, 15) is 13.2 Å². The van der Waals surface area contributed by atoms with E-state index in [-0.39, 0.29) is 16.5 Å². The van der Waals surface area contributed by atoms with Crippen molar-refractivity contribution >= 4 is 31.8 Å². The number of nitrogens with zero attached hydrogens (tertiary/aromatic N) is 3. The van der Waals surface area contributed by atoms with Crippen LogP contribution in [0.4, 0.5) is 0 Å².